The molecule has 0 radical (unpaired) electrons. The molecule has 96 valence electrons. The maximum Gasteiger partial charge on any atom is 0.203 e. The van der Waals surface area contributed by atoms with Gasteiger partial charge in [0, 0.05) is 13.6 Å². The Bertz CT molecular complexity index is 550. The smallest absolute Gasteiger partial charge is 0.203 e. The molecular weight excluding hydrogens is 222 g/mol. The highest BCUT2D eigenvalue weighted by atomic mass is 15.2. The van der Waals surface area contributed by atoms with Gasteiger partial charge < -0.3 is 9.88 Å². The summed E-state index contributed by atoms with van der Waals surface area (Å²) in [7, 11) is 2.08. The third kappa shape index (κ3) is 1.98. The molecule has 3 nitrogen and oxygen atoms in total. The number of aromatic nitrogens is 2. The highest BCUT2D eigenvalue weighted by molar-refractivity contribution is 5.78. The summed E-state index contributed by atoms with van der Waals surface area (Å²) >= 11 is 0. The molecule has 0 saturated heterocycles. The Morgan fingerprint density at radius 3 is 2.72 bits per heavy atom. The van der Waals surface area contributed by atoms with Crippen LogP contribution in [0.25, 0.3) is 11.0 Å². The predicted octanol–water partition coefficient (Wildman–Crippen LogP) is 3.57. The number of imidazole rings is 1. The van der Waals surface area contributed by atoms with E-state index in [1.54, 1.807) is 0 Å². The summed E-state index contributed by atoms with van der Waals surface area (Å²) in [6, 6.07) is 8.28. The minimum Gasteiger partial charge on any atom is -0.355 e. The number of nitrogens with zero attached hydrogens (tertiary/aromatic N) is 2. The van der Waals surface area contributed by atoms with Gasteiger partial charge in [0.25, 0.3) is 0 Å². The van der Waals surface area contributed by atoms with Crippen LogP contribution in [0.1, 0.15) is 32.6 Å². The van der Waals surface area contributed by atoms with Crippen LogP contribution < -0.4 is 5.32 Å². The second-order valence-electron chi connectivity index (χ2n) is 5.85. The molecule has 0 spiro atoms. The van der Waals surface area contributed by atoms with Gasteiger partial charge in [0.1, 0.15) is 0 Å². The molecule has 0 bridgehead atoms. The van der Waals surface area contributed by atoms with Crippen LogP contribution in [0.5, 0.6) is 0 Å². The van der Waals surface area contributed by atoms with Crippen LogP contribution in [-0.2, 0) is 7.05 Å². The van der Waals surface area contributed by atoms with E-state index >= 15 is 0 Å². The van der Waals surface area contributed by atoms with Crippen LogP contribution in [0.4, 0.5) is 5.95 Å². The van der Waals surface area contributed by atoms with Crippen LogP contribution in [-0.4, -0.2) is 16.1 Å². The van der Waals surface area contributed by atoms with Gasteiger partial charge in [0.2, 0.25) is 5.95 Å². The maximum atomic E-state index is 4.66. The van der Waals surface area contributed by atoms with E-state index in [4.69, 9.17) is 0 Å². The third-order valence-corrected chi connectivity index (χ3v) is 4.27. The van der Waals surface area contributed by atoms with Gasteiger partial charge in [-0.2, -0.15) is 0 Å². The number of para-hydroxylation sites is 2. The fraction of sp³-hybridized carbons (Fsp3) is 0.533. The van der Waals surface area contributed by atoms with Crippen LogP contribution in [0, 0.1) is 5.41 Å². The Morgan fingerprint density at radius 2 is 2.00 bits per heavy atom. The van der Waals surface area contributed by atoms with E-state index in [1.165, 1.54) is 31.2 Å². The van der Waals surface area contributed by atoms with Gasteiger partial charge in [-0.1, -0.05) is 31.9 Å². The third-order valence-electron chi connectivity index (χ3n) is 4.27. The molecule has 0 amide bonds. The molecule has 1 heterocycles. The molecule has 1 saturated carbocycles. The standard InChI is InChI=1S/C15H21N3/c1-15(9-5-6-10-15)11-16-14-17-12-7-3-4-8-13(12)18(14)2/h3-4,7-8H,5-6,9-11H2,1-2H3,(H,16,17). The number of hydrogen-bond donors (Lipinski definition) is 1. The quantitative estimate of drug-likeness (QED) is 0.893. The Morgan fingerprint density at radius 1 is 1.28 bits per heavy atom. The Balaban J connectivity index is 1.80. The van der Waals surface area contributed by atoms with E-state index < -0.39 is 0 Å². The van der Waals surface area contributed by atoms with Crippen LogP contribution in [0.3, 0.4) is 0 Å². The summed E-state index contributed by atoms with van der Waals surface area (Å²) in [5.74, 6) is 0.990. The second-order valence-corrected chi connectivity index (χ2v) is 5.85. The average Bonchev–Trinajstić information content (AvgIpc) is 2.93. The van der Waals surface area contributed by atoms with E-state index in [-0.39, 0.29) is 0 Å². The molecule has 1 aromatic heterocycles. The molecular formula is C15H21N3. The van der Waals surface area contributed by atoms with Crippen molar-refractivity contribution in [2.45, 2.75) is 32.6 Å². The van der Waals surface area contributed by atoms with Crippen LogP contribution in [0.2, 0.25) is 0 Å². The Labute approximate surface area is 108 Å². The molecule has 0 atom stereocenters. The average molecular weight is 243 g/mol. The van der Waals surface area contributed by atoms with Crippen LogP contribution >= 0.6 is 0 Å². The Kier molecular flexibility index (Phi) is 2.77. The molecule has 1 fully saturated rings. The zero-order chi connectivity index (χ0) is 12.6. The second kappa shape index (κ2) is 4.30. The lowest BCUT2D eigenvalue weighted by molar-refractivity contribution is 0.361. The number of fused-ring (bicyclic) bond motifs is 1. The SMILES string of the molecule is Cn1c(NCC2(C)CCCC2)nc2ccccc21. The highest BCUT2D eigenvalue weighted by Gasteiger charge is 2.28. The molecule has 3 heteroatoms. The van der Waals surface area contributed by atoms with Crippen molar-refractivity contribution in [3.8, 4) is 0 Å². The van der Waals surface area contributed by atoms with Crippen molar-refractivity contribution in [3.63, 3.8) is 0 Å². The molecule has 1 aliphatic carbocycles. The lowest BCUT2D eigenvalue weighted by Gasteiger charge is -2.23. The minimum absolute atomic E-state index is 0.456. The molecule has 0 aliphatic heterocycles. The van der Waals surface area contributed by atoms with Crippen molar-refractivity contribution in [2.24, 2.45) is 12.5 Å². The van der Waals surface area contributed by atoms with E-state index in [2.05, 4.69) is 47.0 Å². The number of anilines is 1. The molecule has 2 aromatic rings. The van der Waals surface area contributed by atoms with E-state index in [0.29, 0.717) is 5.41 Å². The van der Waals surface area contributed by atoms with Gasteiger partial charge >= 0.3 is 0 Å². The number of benzene rings is 1. The molecule has 1 aliphatic rings. The van der Waals surface area contributed by atoms with Gasteiger partial charge in [-0.15, -0.1) is 0 Å². The minimum atomic E-state index is 0.456. The van der Waals surface area contributed by atoms with E-state index in [9.17, 15) is 0 Å². The van der Waals surface area contributed by atoms with Gasteiger partial charge in [-0.05, 0) is 30.4 Å². The highest BCUT2D eigenvalue weighted by Crippen LogP contribution is 2.37. The number of hydrogen-bond acceptors (Lipinski definition) is 2. The van der Waals surface area contributed by atoms with Crippen molar-refractivity contribution in [2.75, 3.05) is 11.9 Å². The van der Waals surface area contributed by atoms with Gasteiger partial charge in [-0.3, -0.25) is 0 Å². The van der Waals surface area contributed by atoms with Crippen molar-refractivity contribution >= 4 is 17.0 Å². The predicted molar refractivity (Wildman–Crippen MR) is 75.8 cm³/mol. The number of nitrogens with one attached hydrogen (secondary N) is 1. The topological polar surface area (TPSA) is 29.9 Å². The summed E-state index contributed by atoms with van der Waals surface area (Å²) in [4.78, 5) is 4.66. The summed E-state index contributed by atoms with van der Waals surface area (Å²) in [6.45, 7) is 3.42. The fourth-order valence-electron chi connectivity index (χ4n) is 3.00. The summed E-state index contributed by atoms with van der Waals surface area (Å²) in [5.41, 5.74) is 2.72. The monoisotopic (exact) mass is 243 g/mol. The Hall–Kier alpha value is -1.51. The van der Waals surface area contributed by atoms with Crippen molar-refractivity contribution < 1.29 is 0 Å². The molecule has 1 N–H and O–H groups in total. The summed E-state index contributed by atoms with van der Waals surface area (Å²) < 4.78 is 2.15. The summed E-state index contributed by atoms with van der Waals surface area (Å²) in [5, 5.41) is 3.54. The van der Waals surface area contributed by atoms with Gasteiger partial charge in [0.05, 0.1) is 11.0 Å². The summed E-state index contributed by atoms with van der Waals surface area (Å²) in [6.07, 6.45) is 5.43. The number of aryl methyl sites for hydroxylation is 1. The largest absolute Gasteiger partial charge is 0.355 e. The van der Waals surface area contributed by atoms with Gasteiger partial charge in [-0.25, -0.2) is 4.98 Å². The van der Waals surface area contributed by atoms with Gasteiger partial charge in [0.15, 0.2) is 0 Å². The molecule has 18 heavy (non-hydrogen) atoms. The van der Waals surface area contributed by atoms with Crippen molar-refractivity contribution in [3.05, 3.63) is 24.3 Å². The molecule has 1 aromatic carbocycles. The van der Waals surface area contributed by atoms with Crippen molar-refractivity contribution in [1.82, 2.24) is 9.55 Å². The first-order valence-corrected chi connectivity index (χ1v) is 6.83. The van der Waals surface area contributed by atoms with Crippen molar-refractivity contribution in [1.29, 1.82) is 0 Å². The first-order chi connectivity index (χ1) is 8.68. The first-order valence-electron chi connectivity index (χ1n) is 6.83. The first kappa shape index (κ1) is 11.6. The lowest BCUT2D eigenvalue weighted by Crippen LogP contribution is -2.24. The lowest BCUT2D eigenvalue weighted by atomic mass is 9.89. The zero-order valence-electron chi connectivity index (χ0n) is 11.2. The van der Waals surface area contributed by atoms with Crippen LogP contribution in [0.15, 0.2) is 24.3 Å². The normalized spacial score (nSPS) is 18.3. The molecule has 3 rings (SSSR count). The maximum absolute atomic E-state index is 4.66. The molecule has 0 unspecified atom stereocenters. The number of rotatable bonds is 3. The fourth-order valence-corrected chi connectivity index (χ4v) is 3.00. The van der Waals surface area contributed by atoms with E-state index in [1.807, 2.05) is 6.07 Å². The van der Waals surface area contributed by atoms with E-state index in [0.717, 1.165) is 18.0 Å². The zero-order valence-corrected chi connectivity index (χ0v) is 11.2.